The lowest BCUT2D eigenvalue weighted by Gasteiger charge is -2.18. The zero-order chi connectivity index (χ0) is 20.0. The number of carbonyl (C=O) groups excluding carboxylic acids is 1. The van der Waals surface area contributed by atoms with Gasteiger partial charge in [0.25, 0.3) is 5.91 Å². The normalized spacial score (nSPS) is 16.6. The third kappa shape index (κ3) is 3.06. The minimum atomic E-state index is -0.767. The first-order chi connectivity index (χ1) is 14.1. The number of amides is 1. The molecule has 1 aliphatic heterocycles. The SMILES string of the molecule is O=C(c1cc(F)cc(F)c1)N1CC[C@@H](n2c(-c3ccoc3)nc3cccnc32)C1. The molecule has 0 aliphatic carbocycles. The van der Waals surface area contributed by atoms with E-state index in [0.29, 0.717) is 25.3 Å². The maximum Gasteiger partial charge on any atom is 0.254 e. The number of rotatable bonds is 3. The first-order valence-corrected chi connectivity index (χ1v) is 9.21. The van der Waals surface area contributed by atoms with Crippen molar-refractivity contribution in [1.29, 1.82) is 0 Å². The summed E-state index contributed by atoms with van der Waals surface area (Å²) in [6.07, 6.45) is 5.57. The van der Waals surface area contributed by atoms with E-state index in [4.69, 9.17) is 4.42 Å². The van der Waals surface area contributed by atoms with Crippen LogP contribution in [0, 0.1) is 11.6 Å². The summed E-state index contributed by atoms with van der Waals surface area (Å²) in [5.41, 5.74) is 2.30. The van der Waals surface area contributed by atoms with Crippen LogP contribution in [0.25, 0.3) is 22.6 Å². The van der Waals surface area contributed by atoms with Crippen molar-refractivity contribution in [2.45, 2.75) is 12.5 Å². The number of benzene rings is 1. The van der Waals surface area contributed by atoms with Crippen LogP contribution in [-0.4, -0.2) is 38.4 Å². The third-order valence-corrected chi connectivity index (χ3v) is 5.15. The minimum absolute atomic E-state index is 0.00632. The number of hydrogen-bond acceptors (Lipinski definition) is 4. The van der Waals surface area contributed by atoms with E-state index in [9.17, 15) is 13.6 Å². The van der Waals surface area contributed by atoms with Crippen LogP contribution < -0.4 is 0 Å². The minimum Gasteiger partial charge on any atom is -0.472 e. The Morgan fingerprint density at radius 1 is 1.17 bits per heavy atom. The van der Waals surface area contributed by atoms with Crippen LogP contribution in [0.4, 0.5) is 8.78 Å². The number of fused-ring (bicyclic) bond motifs is 1. The molecule has 1 aromatic carbocycles. The number of carbonyl (C=O) groups is 1. The highest BCUT2D eigenvalue weighted by molar-refractivity contribution is 5.94. The van der Waals surface area contributed by atoms with E-state index in [1.807, 2.05) is 22.8 Å². The van der Waals surface area contributed by atoms with Crippen molar-refractivity contribution >= 4 is 17.1 Å². The largest absolute Gasteiger partial charge is 0.472 e. The topological polar surface area (TPSA) is 64.2 Å². The Morgan fingerprint density at radius 2 is 2.00 bits per heavy atom. The van der Waals surface area contributed by atoms with E-state index in [2.05, 4.69) is 9.97 Å². The Kier molecular flexibility index (Phi) is 4.12. The van der Waals surface area contributed by atoms with Crippen molar-refractivity contribution in [3.05, 3.63) is 72.3 Å². The number of likely N-dealkylation sites (tertiary alicyclic amines) is 1. The van der Waals surface area contributed by atoms with Gasteiger partial charge >= 0.3 is 0 Å². The molecule has 1 saturated heterocycles. The summed E-state index contributed by atoms with van der Waals surface area (Å²) in [4.78, 5) is 23.5. The van der Waals surface area contributed by atoms with Gasteiger partial charge in [0.1, 0.15) is 29.2 Å². The van der Waals surface area contributed by atoms with Gasteiger partial charge in [-0.25, -0.2) is 18.7 Å². The van der Waals surface area contributed by atoms with E-state index in [1.165, 1.54) is 0 Å². The second-order valence-electron chi connectivity index (χ2n) is 7.02. The molecule has 4 aromatic rings. The summed E-state index contributed by atoms with van der Waals surface area (Å²) in [6, 6.07) is 8.34. The van der Waals surface area contributed by atoms with E-state index >= 15 is 0 Å². The lowest BCUT2D eigenvalue weighted by Crippen LogP contribution is -2.29. The van der Waals surface area contributed by atoms with Crippen LogP contribution in [0.1, 0.15) is 22.8 Å². The zero-order valence-electron chi connectivity index (χ0n) is 15.3. The van der Waals surface area contributed by atoms with E-state index in [1.54, 1.807) is 23.6 Å². The number of halogens is 2. The van der Waals surface area contributed by atoms with Crippen LogP contribution >= 0.6 is 0 Å². The van der Waals surface area contributed by atoms with Gasteiger partial charge in [0, 0.05) is 30.9 Å². The number of aromatic nitrogens is 3. The van der Waals surface area contributed by atoms with Gasteiger partial charge in [0.15, 0.2) is 5.65 Å². The predicted octanol–water partition coefficient (Wildman–Crippen LogP) is 4.06. The highest BCUT2D eigenvalue weighted by Gasteiger charge is 2.31. The Morgan fingerprint density at radius 3 is 2.76 bits per heavy atom. The molecule has 5 rings (SSSR count). The molecule has 8 heteroatoms. The molecule has 1 atom stereocenters. The summed E-state index contributed by atoms with van der Waals surface area (Å²) < 4.78 is 34.3. The van der Waals surface area contributed by atoms with Gasteiger partial charge in [-0.05, 0) is 36.8 Å². The van der Waals surface area contributed by atoms with Crippen LogP contribution in [0.3, 0.4) is 0 Å². The molecule has 4 heterocycles. The summed E-state index contributed by atoms with van der Waals surface area (Å²) in [7, 11) is 0. The highest BCUT2D eigenvalue weighted by atomic mass is 19.1. The molecular weight excluding hydrogens is 378 g/mol. The molecule has 0 unspecified atom stereocenters. The molecule has 0 radical (unpaired) electrons. The summed E-state index contributed by atoms with van der Waals surface area (Å²) in [5, 5.41) is 0. The van der Waals surface area contributed by atoms with Gasteiger partial charge in [-0.1, -0.05) is 0 Å². The Hall–Kier alpha value is -3.55. The average molecular weight is 394 g/mol. The molecule has 6 nitrogen and oxygen atoms in total. The molecule has 0 bridgehead atoms. The first-order valence-electron chi connectivity index (χ1n) is 9.21. The number of pyridine rings is 1. The molecule has 1 fully saturated rings. The second kappa shape index (κ2) is 6.80. The van der Waals surface area contributed by atoms with Gasteiger partial charge in [-0.3, -0.25) is 4.79 Å². The van der Waals surface area contributed by atoms with Crippen LogP contribution in [0.2, 0.25) is 0 Å². The second-order valence-corrected chi connectivity index (χ2v) is 7.02. The van der Waals surface area contributed by atoms with Gasteiger partial charge < -0.3 is 13.9 Å². The van der Waals surface area contributed by atoms with Crippen molar-refractivity contribution in [3.63, 3.8) is 0 Å². The number of furan rings is 1. The molecule has 0 saturated carbocycles. The fourth-order valence-corrected chi connectivity index (χ4v) is 3.87. The van der Waals surface area contributed by atoms with Crippen molar-refractivity contribution in [2.24, 2.45) is 0 Å². The maximum absolute atomic E-state index is 13.5. The average Bonchev–Trinajstić information content (AvgIpc) is 3.44. The van der Waals surface area contributed by atoms with E-state index < -0.39 is 17.5 Å². The van der Waals surface area contributed by atoms with Crippen LogP contribution in [0.5, 0.6) is 0 Å². The van der Waals surface area contributed by atoms with Crippen LogP contribution in [0.15, 0.2) is 59.5 Å². The van der Waals surface area contributed by atoms with Gasteiger partial charge in [0.2, 0.25) is 0 Å². The van der Waals surface area contributed by atoms with Crippen molar-refractivity contribution in [1.82, 2.24) is 19.4 Å². The lowest BCUT2D eigenvalue weighted by atomic mass is 10.2. The fraction of sp³-hybridized carbons (Fsp3) is 0.190. The first kappa shape index (κ1) is 17.5. The Bertz CT molecular complexity index is 1180. The molecule has 0 N–H and O–H groups in total. The zero-order valence-corrected chi connectivity index (χ0v) is 15.3. The monoisotopic (exact) mass is 394 g/mol. The fourth-order valence-electron chi connectivity index (χ4n) is 3.87. The number of nitrogens with zero attached hydrogens (tertiary/aromatic N) is 4. The quantitative estimate of drug-likeness (QED) is 0.526. The van der Waals surface area contributed by atoms with Gasteiger partial charge in [0.05, 0.1) is 17.9 Å². The molecule has 3 aromatic heterocycles. The highest BCUT2D eigenvalue weighted by Crippen LogP contribution is 2.32. The molecule has 1 aliphatic rings. The van der Waals surface area contributed by atoms with Crippen molar-refractivity contribution < 1.29 is 18.0 Å². The lowest BCUT2D eigenvalue weighted by molar-refractivity contribution is 0.0787. The van der Waals surface area contributed by atoms with Crippen molar-refractivity contribution in [3.8, 4) is 11.4 Å². The maximum atomic E-state index is 13.5. The summed E-state index contributed by atoms with van der Waals surface area (Å²) in [5.74, 6) is -1.22. The Labute approximate surface area is 164 Å². The van der Waals surface area contributed by atoms with E-state index in [0.717, 1.165) is 34.9 Å². The van der Waals surface area contributed by atoms with Gasteiger partial charge in [-0.15, -0.1) is 0 Å². The standard InChI is InChI=1S/C21H16F2N4O2/c22-15-8-14(9-16(23)10-15)21(28)26-6-3-17(11-26)27-19(13-4-7-29-12-13)25-18-2-1-5-24-20(18)27/h1-2,4-5,7-10,12,17H,3,6,11H2/t17-/m1/s1. The molecule has 29 heavy (non-hydrogen) atoms. The van der Waals surface area contributed by atoms with Crippen molar-refractivity contribution in [2.75, 3.05) is 13.1 Å². The third-order valence-electron chi connectivity index (χ3n) is 5.15. The van der Waals surface area contributed by atoms with Gasteiger partial charge in [-0.2, -0.15) is 0 Å². The Balaban J connectivity index is 1.49. The predicted molar refractivity (Wildman–Crippen MR) is 101 cm³/mol. The number of hydrogen-bond donors (Lipinski definition) is 0. The smallest absolute Gasteiger partial charge is 0.254 e. The molecule has 146 valence electrons. The summed E-state index contributed by atoms with van der Waals surface area (Å²) in [6.45, 7) is 0.864. The number of imidazole rings is 1. The molecule has 1 amide bonds. The van der Waals surface area contributed by atoms with Crippen LogP contribution in [-0.2, 0) is 0 Å². The summed E-state index contributed by atoms with van der Waals surface area (Å²) >= 11 is 0. The molecule has 0 spiro atoms. The molecular formula is C21H16F2N4O2. The van der Waals surface area contributed by atoms with E-state index in [-0.39, 0.29) is 11.6 Å².